The van der Waals surface area contributed by atoms with Crippen LogP contribution in [-0.2, 0) is 0 Å². The Hall–Kier alpha value is -2.49. The van der Waals surface area contributed by atoms with E-state index < -0.39 is 0 Å². The quantitative estimate of drug-likeness (QED) is 0.759. The number of benzene rings is 1. The number of hydrogen-bond donors (Lipinski definition) is 1. The summed E-state index contributed by atoms with van der Waals surface area (Å²) in [5, 5.41) is 4.09. The maximum Gasteiger partial charge on any atom is 0.222 e. The van der Waals surface area contributed by atoms with Crippen molar-refractivity contribution in [1.29, 1.82) is 0 Å². The second-order valence-electron chi connectivity index (χ2n) is 4.39. The van der Waals surface area contributed by atoms with E-state index in [1.807, 2.05) is 26.2 Å². The lowest BCUT2D eigenvalue weighted by molar-refractivity contribution is 1.12. The molecule has 0 aliphatic rings. The molecular weight excluding hydrogens is 236 g/mol. The highest BCUT2D eigenvalue weighted by molar-refractivity contribution is 5.83. The van der Waals surface area contributed by atoms with Crippen LogP contribution in [0.1, 0.15) is 5.56 Å². The van der Waals surface area contributed by atoms with Gasteiger partial charge in [-0.05, 0) is 24.6 Å². The summed E-state index contributed by atoms with van der Waals surface area (Å²) in [6.07, 6.45) is 3.63. The number of hydrogen-bond acceptors (Lipinski definition) is 4. The summed E-state index contributed by atoms with van der Waals surface area (Å²) in [7, 11) is 1.82. The topological polar surface area (TPSA) is 50.7 Å². The van der Waals surface area contributed by atoms with Gasteiger partial charge in [-0.2, -0.15) is 0 Å². The molecule has 19 heavy (non-hydrogen) atoms. The summed E-state index contributed by atoms with van der Waals surface area (Å²) in [5.41, 5.74) is 4.02. The zero-order valence-corrected chi connectivity index (χ0v) is 10.9. The Bertz CT molecular complexity index is 737. The van der Waals surface area contributed by atoms with Crippen molar-refractivity contribution >= 4 is 16.9 Å². The van der Waals surface area contributed by atoms with E-state index in [-0.39, 0.29) is 0 Å². The minimum atomic E-state index is 0.627. The number of nitrogens with one attached hydrogen (secondary N) is 1. The van der Waals surface area contributed by atoms with Crippen LogP contribution in [0, 0.1) is 6.92 Å². The SMILES string of the molecule is CNc1ncc(C)c(-c2ccc3cccnc3c2)n1. The van der Waals surface area contributed by atoms with Gasteiger partial charge in [-0.15, -0.1) is 0 Å². The standard InChI is InChI=1S/C15H14N4/c1-10-9-18-15(16-2)19-14(10)12-6-5-11-4-3-7-17-13(11)8-12/h3-9H,1-2H3,(H,16,18,19). The third kappa shape index (κ3) is 2.12. The largest absolute Gasteiger partial charge is 0.357 e. The van der Waals surface area contributed by atoms with Gasteiger partial charge < -0.3 is 5.32 Å². The summed E-state index contributed by atoms with van der Waals surface area (Å²) >= 11 is 0. The normalized spacial score (nSPS) is 10.6. The second kappa shape index (κ2) is 4.65. The van der Waals surface area contributed by atoms with Crippen molar-refractivity contribution in [3.8, 4) is 11.3 Å². The molecule has 0 aliphatic heterocycles. The summed E-state index contributed by atoms with van der Waals surface area (Å²) < 4.78 is 0. The number of anilines is 1. The molecule has 0 saturated heterocycles. The minimum Gasteiger partial charge on any atom is -0.357 e. The maximum atomic E-state index is 4.52. The van der Waals surface area contributed by atoms with Crippen molar-refractivity contribution in [2.45, 2.75) is 6.92 Å². The Balaban J connectivity index is 2.18. The molecule has 94 valence electrons. The molecule has 0 aliphatic carbocycles. The average molecular weight is 250 g/mol. The molecule has 2 aromatic heterocycles. The van der Waals surface area contributed by atoms with Gasteiger partial charge in [-0.3, -0.25) is 4.98 Å². The highest BCUT2D eigenvalue weighted by Gasteiger charge is 2.07. The van der Waals surface area contributed by atoms with Crippen molar-refractivity contribution in [1.82, 2.24) is 15.0 Å². The third-order valence-electron chi connectivity index (χ3n) is 3.07. The first-order chi connectivity index (χ1) is 9.28. The van der Waals surface area contributed by atoms with Crippen molar-refractivity contribution in [3.05, 3.63) is 48.3 Å². The highest BCUT2D eigenvalue weighted by Crippen LogP contribution is 2.24. The van der Waals surface area contributed by atoms with Crippen LogP contribution in [-0.4, -0.2) is 22.0 Å². The first-order valence-electron chi connectivity index (χ1n) is 6.14. The number of aryl methyl sites for hydroxylation is 1. The van der Waals surface area contributed by atoms with Gasteiger partial charge in [0.15, 0.2) is 0 Å². The molecule has 4 nitrogen and oxygen atoms in total. The molecule has 0 fully saturated rings. The van der Waals surface area contributed by atoms with E-state index in [0.29, 0.717) is 5.95 Å². The first-order valence-corrected chi connectivity index (χ1v) is 6.14. The van der Waals surface area contributed by atoms with Gasteiger partial charge in [-0.25, -0.2) is 9.97 Å². The van der Waals surface area contributed by atoms with Crippen LogP contribution >= 0.6 is 0 Å². The lowest BCUT2D eigenvalue weighted by atomic mass is 10.1. The van der Waals surface area contributed by atoms with Crippen LogP contribution in [0.25, 0.3) is 22.2 Å². The molecule has 1 aromatic carbocycles. The molecule has 1 N–H and O–H groups in total. The number of pyridine rings is 1. The predicted octanol–water partition coefficient (Wildman–Crippen LogP) is 3.04. The summed E-state index contributed by atoms with van der Waals surface area (Å²) in [5.74, 6) is 0.627. The van der Waals surface area contributed by atoms with Crippen molar-refractivity contribution in [2.24, 2.45) is 0 Å². The monoisotopic (exact) mass is 250 g/mol. The summed E-state index contributed by atoms with van der Waals surface area (Å²) in [6.45, 7) is 2.01. The number of fused-ring (bicyclic) bond motifs is 1. The summed E-state index contributed by atoms with van der Waals surface area (Å²) in [6, 6.07) is 10.2. The van der Waals surface area contributed by atoms with E-state index in [1.54, 1.807) is 6.20 Å². The molecule has 0 bridgehead atoms. The highest BCUT2D eigenvalue weighted by atomic mass is 15.1. The Morgan fingerprint density at radius 2 is 2.00 bits per heavy atom. The van der Waals surface area contributed by atoms with Crippen LogP contribution in [0.15, 0.2) is 42.7 Å². The van der Waals surface area contributed by atoms with E-state index in [2.05, 4.69) is 44.5 Å². The number of nitrogens with zero attached hydrogens (tertiary/aromatic N) is 3. The van der Waals surface area contributed by atoms with E-state index in [0.717, 1.165) is 27.7 Å². The van der Waals surface area contributed by atoms with Gasteiger partial charge in [0.25, 0.3) is 0 Å². The molecule has 0 amide bonds. The molecule has 0 unspecified atom stereocenters. The minimum absolute atomic E-state index is 0.627. The molecule has 3 rings (SSSR count). The molecule has 2 heterocycles. The fourth-order valence-electron chi connectivity index (χ4n) is 2.07. The average Bonchev–Trinajstić information content (AvgIpc) is 2.47. The Morgan fingerprint density at radius 3 is 2.84 bits per heavy atom. The van der Waals surface area contributed by atoms with E-state index in [9.17, 15) is 0 Å². The Morgan fingerprint density at radius 1 is 1.11 bits per heavy atom. The van der Waals surface area contributed by atoms with E-state index in [4.69, 9.17) is 0 Å². The van der Waals surface area contributed by atoms with Crippen molar-refractivity contribution < 1.29 is 0 Å². The van der Waals surface area contributed by atoms with Crippen LogP contribution in [0.2, 0.25) is 0 Å². The van der Waals surface area contributed by atoms with Gasteiger partial charge in [0.05, 0.1) is 11.2 Å². The fraction of sp³-hybridized carbons (Fsp3) is 0.133. The van der Waals surface area contributed by atoms with Crippen molar-refractivity contribution in [2.75, 3.05) is 12.4 Å². The predicted molar refractivity (Wildman–Crippen MR) is 77.1 cm³/mol. The van der Waals surface area contributed by atoms with Gasteiger partial charge in [0.1, 0.15) is 0 Å². The fourth-order valence-corrected chi connectivity index (χ4v) is 2.07. The molecule has 0 radical (unpaired) electrons. The Kier molecular flexibility index (Phi) is 2.83. The lowest BCUT2D eigenvalue weighted by Crippen LogP contribution is -1.99. The second-order valence-corrected chi connectivity index (χ2v) is 4.39. The smallest absolute Gasteiger partial charge is 0.222 e. The van der Waals surface area contributed by atoms with Crippen LogP contribution < -0.4 is 5.32 Å². The molecule has 0 spiro atoms. The lowest BCUT2D eigenvalue weighted by Gasteiger charge is -2.07. The molecule has 4 heteroatoms. The zero-order valence-electron chi connectivity index (χ0n) is 10.9. The third-order valence-corrected chi connectivity index (χ3v) is 3.07. The maximum absolute atomic E-state index is 4.52. The molecule has 0 saturated carbocycles. The zero-order chi connectivity index (χ0) is 13.2. The Labute approximate surface area is 111 Å². The molecule has 0 atom stereocenters. The van der Waals surface area contributed by atoms with Gasteiger partial charge in [-0.1, -0.05) is 18.2 Å². The molecule has 3 aromatic rings. The van der Waals surface area contributed by atoms with Crippen LogP contribution in [0.5, 0.6) is 0 Å². The van der Waals surface area contributed by atoms with E-state index >= 15 is 0 Å². The van der Waals surface area contributed by atoms with Crippen molar-refractivity contribution in [3.63, 3.8) is 0 Å². The van der Waals surface area contributed by atoms with Gasteiger partial charge >= 0.3 is 0 Å². The number of rotatable bonds is 2. The van der Waals surface area contributed by atoms with Gasteiger partial charge in [0, 0.05) is 30.4 Å². The summed E-state index contributed by atoms with van der Waals surface area (Å²) in [4.78, 5) is 13.1. The van der Waals surface area contributed by atoms with Crippen LogP contribution in [0.4, 0.5) is 5.95 Å². The van der Waals surface area contributed by atoms with Gasteiger partial charge in [0.2, 0.25) is 5.95 Å². The number of aromatic nitrogens is 3. The molecular formula is C15H14N4. The van der Waals surface area contributed by atoms with Crippen LogP contribution in [0.3, 0.4) is 0 Å². The first kappa shape index (κ1) is 11.6. The van der Waals surface area contributed by atoms with E-state index in [1.165, 1.54) is 0 Å².